The fraction of sp³-hybridized carbons (Fsp3) is 0.500. The number of aliphatic hydroxyl groups excluding tert-OH is 1. The first-order chi connectivity index (χ1) is 8.20. The number of thiazole rings is 1. The van der Waals surface area contributed by atoms with Crippen molar-refractivity contribution in [2.75, 3.05) is 0 Å². The molecular weight excluding hydrogens is 230 g/mol. The van der Waals surface area contributed by atoms with Gasteiger partial charge < -0.3 is 5.11 Å². The van der Waals surface area contributed by atoms with E-state index in [0.717, 1.165) is 23.4 Å². The number of hydrogen-bond acceptors (Lipinski definition) is 3. The van der Waals surface area contributed by atoms with Crippen LogP contribution in [0, 0.1) is 5.92 Å². The molecule has 2 rings (SSSR count). The standard InChI is InChI=1S/C14H19NOS/c1-3-6-10(2)12(16)9-14-15-11-7-4-5-8-13(11)17-14/h4-5,7-8,10,12,16H,3,6,9H2,1-2H3. The van der Waals surface area contributed by atoms with E-state index in [4.69, 9.17) is 0 Å². The van der Waals surface area contributed by atoms with Crippen LogP contribution >= 0.6 is 11.3 Å². The SMILES string of the molecule is CCCC(C)C(O)Cc1nc2ccccc2s1. The summed E-state index contributed by atoms with van der Waals surface area (Å²) in [5.74, 6) is 0.354. The molecule has 3 heteroatoms. The van der Waals surface area contributed by atoms with Crippen LogP contribution in [-0.2, 0) is 6.42 Å². The Kier molecular flexibility index (Phi) is 4.13. The Balaban J connectivity index is 2.07. The van der Waals surface area contributed by atoms with Crippen molar-refractivity contribution in [2.45, 2.75) is 39.2 Å². The lowest BCUT2D eigenvalue weighted by molar-refractivity contribution is 0.111. The molecule has 2 unspecified atom stereocenters. The highest BCUT2D eigenvalue weighted by atomic mass is 32.1. The zero-order chi connectivity index (χ0) is 12.3. The molecule has 1 heterocycles. The molecule has 2 nitrogen and oxygen atoms in total. The van der Waals surface area contributed by atoms with Gasteiger partial charge in [-0.1, -0.05) is 32.4 Å². The average molecular weight is 249 g/mol. The highest BCUT2D eigenvalue weighted by Gasteiger charge is 2.16. The summed E-state index contributed by atoms with van der Waals surface area (Å²) in [4.78, 5) is 4.55. The van der Waals surface area contributed by atoms with Crippen LogP contribution in [0.25, 0.3) is 10.2 Å². The molecule has 1 aromatic carbocycles. The maximum absolute atomic E-state index is 10.1. The number of hydrogen-bond donors (Lipinski definition) is 1. The van der Waals surface area contributed by atoms with Gasteiger partial charge in [0, 0.05) is 6.42 Å². The van der Waals surface area contributed by atoms with Crippen molar-refractivity contribution in [2.24, 2.45) is 5.92 Å². The van der Waals surface area contributed by atoms with Crippen LogP contribution in [0.4, 0.5) is 0 Å². The van der Waals surface area contributed by atoms with Gasteiger partial charge in [0.25, 0.3) is 0 Å². The highest BCUT2D eigenvalue weighted by molar-refractivity contribution is 7.18. The Bertz CT molecular complexity index is 447. The first kappa shape index (κ1) is 12.5. The molecule has 1 N–H and O–H groups in total. The summed E-state index contributed by atoms with van der Waals surface area (Å²) in [6, 6.07) is 8.14. The molecule has 0 aliphatic heterocycles. The third kappa shape index (κ3) is 3.05. The smallest absolute Gasteiger partial charge is 0.0964 e. The summed E-state index contributed by atoms with van der Waals surface area (Å²) in [6.07, 6.45) is 2.61. The van der Waals surface area contributed by atoms with E-state index >= 15 is 0 Å². The summed E-state index contributed by atoms with van der Waals surface area (Å²) < 4.78 is 1.21. The van der Waals surface area contributed by atoms with Gasteiger partial charge in [0.05, 0.1) is 21.3 Å². The number of benzene rings is 1. The lowest BCUT2D eigenvalue weighted by atomic mass is 9.97. The zero-order valence-corrected chi connectivity index (χ0v) is 11.2. The molecular formula is C14H19NOS. The van der Waals surface area contributed by atoms with Gasteiger partial charge in [-0.3, -0.25) is 0 Å². The first-order valence-corrected chi connectivity index (χ1v) is 7.05. The van der Waals surface area contributed by atoms with Crippen LogP contribution in [0.3, 0.4) is 0 Å². The summed E-state index contributed by atoms with van der Waals surface area (Å²) >= 11 is 1.69. The molecule has 0 radical (unpaired) electrons. The van der Waals surface area contributed by atoms with Gasteiger partial charge >= 0.3 is 0 Å². The number of nitrogens with zero attached hydrogens (tertiary/aromatic N) is 1. The third-order valence-electron chi connectivity index (χ3n) is 3.12. The second-order valence-electron chi connectivity index (χ2n) is 4.61. The fourth-order valence-electron chi connectivity index (χ4n) is 2.04. The van der Waals surface area contributed by atoms with E-state index in [0.29, 0.717) is 12.3 Å². The molecule has 1 aromatic heterocycles. The molecule has 0 bridgehead atoms. The lowest BCUT2D eigenvalue weighted by Gasteiger charge is -2.16. The second kappa shape index (κ2) is 5.61. The van der Waals surface area contributed by atoms with Crippen molar-refractivity contribution < 1.29 is 5.11 Å². The normalized spacial score (nSPS) is 15.0. The minimum absolute atomic E-state index is 0.268. The minimum Gasteiger partial charge on any atom is -0.392 e. The van der Waals surface area contributed by atoms with Crippen molar-refractivity contribution in [1.29, 1.82) is 0 Å². The van der Waals surface area contributed by atoms with Gasteiger partial charge in [0.2, 0.25) is 0 Å². The minimum atomic E-state index is -0.268. The van der Waals surface area contributed by atoms with Gasteiger partial charge in [-0.05, 0) is 24.5 Å². The van der Waals surface area contributed by atoms with E-state index < -0.39 is 0 Å². The van der Waals surface area contributed by atoms with Crippen molar-refractivity contribution in [3.8, 4) is 0 Å². The average Bonchev–Trinajstić information content (AvgIpc) is 2.71. The van der Waals surface area contributed by atoms with Gasteiger partial charge in [-0.25, -0.2) is 4.98 Å². The molecule has 92 valence electrons. The number of para-hydroxylation sites is 1. The van der Waals surface area contributed by atoms with Crippen LogP contribution in [0.15, 0.2) is 24.3 Å². The predicted molar refractivity (Wildman–Crippen MR) is 73.4 cm³/mol. The van der Waals surface area contributed by atoms with Gasteiger partial charge in [0.15, 0.2) is 0 Å². The van der Waals surface area contributed by atoms with E-state index in [1.807, 2.05) is 18.2 Å². The van der Waals surface area contributed by atoms with Crippen molar-refractivity contribution >= 4 is 21.6 Å². The molecule has 0 amide bonds. The molecule has 0 saturated carbocycles. The van der Waals surface area contributed by atoms with E-state index in [-0.39, 0.29) is 6.10 Å². The number of fused-ring (bicyclic) bond motifs is 1. The van der Waals surface area contributed by atoms with Gasteiger partial charge in [0.1, 0.15) is 0 Å². The molecule has 2 atom stereocenters. The Morgan fingerprint density at radius 3 is 2.82 bits per heavy atom. The second-order valence-corrected chi connectivity index (χ2v) is 5.73. The van der Waals surface area contributed by atoms with Crippen LogP contribution in [0.1, 0.15) is 31.7 Å². The molecule has 17 heavy (non-hydrogen) atoms. The van der Waals surface area contributed by atoms with Crippen LogP contribution in [0.5, 0.6) is 0 Å². The Morgan fingerprint density at radius 1 is 1.35 bits per heavy atom. The Morgan fingerprint density at radius 2 is 2.12 bits per heavy atom. The third-order valence-corrected chi connectivity index (χ3v) is 4.18. The Labute approximate surface area is 106 Å². The largest absolute Gasteiger partial charge is 0.392 e. The molecule has 0 fully saturated rings. The van der Waals surface area contributed by atoms with Crippen LogP contribution < -0.4 is 0 Å². The number of aliphatic hydroxyl groups is 1. The van der Waals surface area contributed by atoms with Crippen LogP contribution in [0.2, 0.25) is 0 Å². The van der Waals surface area contributed by atoms with E-state index in [1.165, 1.54) is 4.70 Å². The fourth-order valence-corrected chi connectivity index (χ4v) is 3.05. The molecule has 0 saturated heterocycles. The van der Waals surface area contributed by atoms with E-state index in [1.54, 1.807) is 11.3 Å². The van der Waals surface area contributed by atoms with E-state index in [9.17, 15) is 5.11 Å². The molecule has 0 aliphatic carbocycles. The van der Waals surface area contributed by atoms with Gasteiger partial charge in [-0.2, -0.15) is 0 Å². The molecule has 0 spiro atoms. The van der Waals surface area contributed by atoms with Crippen molar-refractivity contribution in [3.05, 3.63) is 29.3 Å². The Hall–Kier alpha value is -0.930. The number of aromatic nitrogens is 1. The summed E-state index contributed by atoms with van der Waals surface area (Å²) in [5, 5.41) is 11.1. The quantitative estimate of drug-likeness (QED) is 0.877. The summed E-state index contributed by atoms with van der Waals surface area (Å²) in [5.41, 5.74) is 1.04. The maximum Gasteiger partial charge on any atom is 0.0964 e. The summed E-state index contributed by atoms with van der Waals surface area (Å²) in [7, 11) is 0. The van der Waals surface area contributed by atoms with Crippen molar-refractivity contribution in [3.63, 3.8) is 0 Å². The van der Waals surface area contributed by atoms with Crippen molar-refractivity contribution in [1.82, 2.24) is 4.98 Å². The molecule has 0 aliphatic rings. The van der Waals surface area contributed by atoms with Crippen LogP contribution in [-0.4, -0.2) is 16.2 Å². The predicted octanol–water partition coefficient (Wildman–Crippen LogP) is 3.64. The lowest BCUT2D eigenvalue weighted by Crippen LogP contribution is -2.20. The zero-order valence-electron chi connectivity index (χ0n) is 10.4. The summed E-state index contributed by atoms with van der Waals surface area (Å²) in [6.45, 7) is 4.27. The van der Waals surface area contributed by atoms with E-state index in [2.05, 4.69) is 24.9 Å². The first-order valence-electron chi connectivity index (χ1n) is 6.23. The highest BCUT2D eigenvalue weighted by Crippen LogP contribution is 2.24. The monoisotopic (exact) mass is 249 g/mol. The topological polar surface area (TPSA) is 33.1 Å². The van der Waals surface area contributed by atoms with Gasteiger partial charge in [-0.15, -0.1) is 11.3 Å². The molecule has 2 aromatic rings. The number of rotatable bonds is 5. The maximum atomic E-state index is 10.1.